The molecule has 1 fully saturated rings. The number of primary amides is 1. The van der Waals surface area contributed by atoms with Gasteiger partial charge in [0.05, 0.1) is 28.5 Å². The number of anilines is 3. The van der Waals surface area contributed by atoms with Crippen LogP contribution in [0.2, 0.25) is 10.0 Å². The summed E-state index contributed by atoms with van der Waals surface area (Å²) >= 11 is 12.4. The summed E-state index contributed by atoms with van der Waals surface area (Å²) in [5, 5.41) is 14.3. The van der Waals surface area contributed by atoms with Crippen LogP contribution < -0.4 is 16.4 Å². The third-order valence-electron chi connectivity index (χ3n) is 5.88. The minimum absolute atomic E-state index is 0.0331. The summed E-state index contributed by atoms with van der Waals surface area (Å²) in [6, 6.07) is 2.03. The van der Waals surface area contributed by atoms with Gasteiger partial charge in [-0.2, -0.15) is 4.98 Å². The number of nitrogens with zero attached hydrogens (tertiary/aromatic N) is 4. The summed E-state index contributed by atoms with van der Waals surface area (Å²) in [5.74, 6) is -4.36. The maximum atomic E-state index is 13.7. The lowest BCUT2D eigenvalue weighted by atomic mass is 9.85. The van der Waals surface area contributed by atoms with E-state index in [0.29, 0.717) is 36.8 Å². The predicted molar refractivity (Wildman–Crippen MR) is 126 cm³/mol. The molecule has 1 aromatic carbocycles. The molecule has 0 saturated heterocycles. The van der Waals surface area contributed by atoms with Crippen molar-refractivity contribution in [3.63, 3.8) is 0 Å². The number of fused-ring (bicyclic) bond motifs is 1. The first-order chi connectivity index (χ1) is 16.6. The third kappa shape index (κ3) is 5.54. The van der Waals surface area contributed by atoms with E-state index >= 15 is 0 Å². The molecule has 35 heavy (non-hydrogen) atoms. The summed E-state index contributed by atoms with van der Waals surface area (Å²) in [7, 11) is 0. The Bertz CT molecular complexity index is 1230. The van der Waals surface area contributed by atoms with Crippen molar-refractivity contribution in [1.29, 1.82) is 0 Å². The Hall–Kier alpha value is -2.83. The lowest BCUT2D eigenvalue weighted by Gasteiger charge is -2.29. The molecule has 188 valence electrons. The molecule has 0 aliphatic heterocycles. The first kappa shape index (κ1) is 25.3. The van der Waals surface area contributed by atoms with Crippen LogP contribution in [0.25, 0.3) is 11.2 Å². The van der Waals surface area contributed by atoms with E-state index in [4.69, 9.17) is 34.0 Å². The van der Waals surface area contributed by atoms with Gasteiger partial charge in [-0.25, -0.2) is 23.1 Å². The Morgan fingerprint density at radius 3 is 2.46 bits per heavy atom. The van der Waals surface area contributed by atoms with Crippen LogP contribution in [-0.2, 0) is 4.79 Å². The predicted octanol–water partition coefficient (Wildman–Crippen LogP) is 4.27. The second kappa shape index (κ2) is 10.0. The van der Waals surface area contributed by atoms with Crippen molar-refractivity contribution >= 4 is 57.9 Å². The number of aliphatic hydroxyl groups excluding tert-OH is 1. The monoisotopic (exact) mass is 531 g/mol. The van der Waals surface area contributed by atoms with Crippen molar-refractivity contribution in [3.05, 3.63) is 34.2 Å². The van der Waals surface area contributed by atoms with E-state index in [1.165, 1.54) is 6.20 Å². The summed E-state index contributed by atoms with van der Waals surface area (Å²) < 4.78 is 42.4. The lowest BCUT2D eigenvalue weighted by molar-refractivity contribution is -0.122. The smallest absolute Gasteiger partial charge is 0.287 e. The molecule has 4 rings (SSSR count). The number of amides is 1. The molecule has 1 aliphatic carbocycles. The Morgan fingerprint density at radius 2 is 1.86 bits per heavy atom. The zero-order valence-electron chi connectivity index (χ0n) is 18.2. The van der Waals surface area contributed by atoms with Gasteiger partial charge >= 0.3 is 0 Å². The normalized spacial score (nSPS) is 18.6. The fraction of sp³-hybridized carbons (Fsp3) is 0.429. The highest BCUT2D eigenvalue weighted by molar-refractivity contribution is 6.39. The van der Waals surface area contributed by atoms with Crippen LogP contribution in [0, 0.1) is 11.7 Å². The van der Waals surface area contributed by atoms with Gasteiger partial charge in [0.25, 0.3) is 5.92 Å². The van der Waals surface area contributed by atoms with Crippen LogP contribution >= 0.6 is 23.2 Å². The van der Waals surface area contributed by atoms with Crippen LogP contribution in [0.5, 0.6) is 0 Å². The number of rotatable bonds is 8. The summed E-state index contributed by atoms with van der Waals surface area (Å²) in [4.78, 5) is 24.5. The molecule has 3 aromatic rings. The number of alkyl halides is 2. The zero-order chi connectivity index (χ0) is 25.3. The van der Waals surface area contributed by atoms with Crippen molar-refractivity contribution in [2.75, 3.05) is 23.8 Å². The quantitative estimate of drug-likeness (QED) is 0.341. The Kier molecular flexibility index (Phi) is 7.25. The van der Waals surface area contributed by atoms with Crippen molar-refractivity contribution in [2.45, 2.75) is 37.6 Å². The van der Waals surface area contributed by atoms with Gasteiger partial charge in [0.15, 0.2) is 5.65 Å². The van der Waals surface area contributed by atoms with Crippen LogP contribution in [0.4, 0.5) is 30.8 Å². The molecule has 0 bridgehead atoms. The van der Waals surface area contributed by atoms with E-state index in [-0.39, 0.29) is 45.5 Å². The molecule has 1 aliphatic rings. The van der Waals surface area contributed by atoms with E-state index < -0.39 is 24.9 Å². The molecule has 1 saturated carbocycles. The lowest BCUT2D eigenvalue weighted by Crippen LogP contribution is -2.31. The average Bonchev–Trinajstić information content (AvgIpc) is 3.17. The summed E-state index contributed by atoms with van der Waals surface area (Å²) in [6.45, 7) is -2.19. The van der Waals surface area contributed by atoms with Gasteiger partial charge in [-0.05, 0) is 37.8 Å². The fourth-order valence-electron chi connectivity index (χ4n) is 4.07. The first-order valence-corrected chi connectivity index (χ1v) is 11.5. The molecule has 2 heterocycles. The van der Waals surface area contributed by atoms with Gasteiger partial charge in [-0.15, -0.1) is 0 Å². The minimum Gasteiger partial charge on any atom is -0.390 e. The van der Waals surface area contributed by atoms with Gasteiger partial charge in [-0.3, -0.25) is 9.36 Å². The summed E-state index contributed by atoms with van der Waals surface area (Å²) in [5.41, 5.74) is 6.39. The third-order valence-corrected chi connectivity index (χ3v) is 6.47. The Morgan fingerprint density at radius 1 is 1.20 bits per heavy atom. The van der Waals surface area contributed by atoms with Crippen molar-refractivity contribution in [3.8, 4) is 0 Å². The number of imidazole rings is 1. The highest BCUT2D eigenvalue weighted by Crippen LogP contribution is 2.39. The highest BCUT2D eigenvalue weighted by atomic mass is 35.5. The van der Waals surface area contributed by atoms with Gasteiger partial charge < -0.3 is 21.5 Å². The molecule has 0 radical (unpaired) electrons. The first-order valence-electron chi connectivity index (χ1n) is 10.8. The molecule has 0 spiro atoms. The van der Waals surface area contributed by atoms with Gasteiger partial charge in [-0.1, -0.05) is 23.2 Å². The zero-order valence-corrected chi connectivity index (χ0v) is 19.8. The number of aromatic nitrogens is 4. The van der Waals surface area contributed by atoms with E-state index in [2.05, 4.69) is 25.6 Å². The number of hydrogen-bond donors (Lipinski definition) is 4. The van der Waals surface area contributed by atoms with E-state index in [0.717, 1.165) is 12.1 Å². The van der Waals surface area contributed by atoms with E-state index in [9.17, 15) is 18.0 Å². The molecule has 1 amide bonds. The fourth-order valence-corrected chi connectivity index (χ4v) is 4.62. The molecule has 0 atom stereocenters. The molecule has 14 heteroatoms. The number of carbonyl (C=O) groups is 1. The maximum Gasteiger partial charge on any atom is 0.287 e. The summed E-state index contributed by atoms with van der Waals surface area (Å²) in [6.07, 6.45) is 3.63. The second-order valence-electron chi connectivity index (χ2n) is 8.35. The number of nitrogens with two attached hydrogens (primary N) is 1. The van der Waals surface area contributed by atoms with Gasteiger partial charge in [0.2, 0.25) is 17.8 Å². The van der Waals surface area contributed by atoms with Gasteiger partial charge in [0, 0.05) is 12.0 Å². The number of nitrogens with one attached hydrogen (secondary N) is 2. The second-order valence-corrected chi connectivity index (χ2v) is 9.17. The Balaban J connectivity index is 1.74. The SMILES string of the molecule is NC(=O)[C@H]1CC[C@@H](n2c(Nc3c(Cl)cc(F)cc3Cl)nc3cnc(NCC(F)(F)CO)nc32)CC1. The largest absolute Gasteiger partial charge is 0.390 e. The van der Waals surface area contributed by atoms with Gasteiger partial charge in [0.1, 0.15) is 17.9 Å². The number of hydrogen-bond acceptors (Lipinski definition) is 7. The topological polar surface area (TPSA) is 131 Å². The van der Waals surface area contributed by atoms with Crippen molar-refractivity contribution < 1.29 is 23.1 Å². The molecule has 2 aromatic heterocycles. The number of carbonyl (C=O) groups excluding carboxylic acids is 1. The van der Waals surface area contributed by atoms with Crippen LogP contribution in [0.3, 0.4) is 0 Å². The van der Waals surface area contributed by atoms with E-state index in [1.54, 1.807) is 4.57 Å². The van der Waals surface area contributed by atoms with Crippen LogP contribution in [0.1, 0.15) is 31.7 Å². The minimum atomic E-state index is -3.35. The molecule has 9 nitrogen and oxygen atoms in total. The number of aliphatic hydroxyl groups is 1. The standard InChI is InChI=1S/C21H22Cl2F3N7O2/c22-13-5-11(24)6-14(23)16(13)31-20-30-15-7-28-19(29-8-21(25,26)9-34)32-18(15)33(20)12-3-1-10(2-4-12)17(27)35/h5-7,10,12,34H,1-4,8-9H2,(H2,27,35)(H,30,31)(H,28,29,32)/t10-,12+. The highest BCUT2D eigenvalue weighted by Gasteiger charge is 2.30. The molecule has 0 unspecified atom stereocenters. The molecule has 5 N–H and O–H groups in total. The van der Waals surface area contributed by atoms with Crippen molar-refractivity contribution in [2.24, 2.45) is 11.7 Å². The van der Waals surface area contributed by atoms with E-state index in [1.807, 2.05) is 0 Å². The van der Waals surface area contributed by atoms with Crippen molar-refractivity contribution in [1.82, 2.24) is 19.5 Å². The van der Waals surface area contributed by atoms with Crippen LogP contribution in [0.15, 0.2) is 18.3 Å². The average molecular weight is 532 g/mol. The molecular weight excluding hydrogens is 510 g/mol. The number of benzene rings is 1. The number of halogens is 5. The Labute approximate surface area is 207 Å². The maximum absolute atomic E-state index is 13.7. The molecular formula is C21H22Cl2F3N7O2. The van der Waals surface area contributed by atoms with Crippen LogP contribution in [-0.4, -0.2) is 49.6 Å².